The van der Waals surface area contributed by atoms with Gasteiger partial charge in [-0.25, -0.2) is 9.37 Å². The summed E-state index contributed by atoms with van der Waals surface area (Å²) in [6.07, 6.45) is -9.48. The Balaban J connectivity index is 1.63. The average molecular weight is 627 g/mol. The predicted octanol–water partition coefficient (Wildman–Crippen LogP) is 7.81. The van der Waals surface area contributed by atoms with Crippen molar-refractivity contribution in [2.24, 2.45) is 0 Å². The monoisotopic (exact) mass is 626 g/mol. The van der Waals surface area contributed by atoms with Gasteiger partial charge in [-0.1, -0.05) is 22.9 Å². The van der Waals surface area contributed by atoms with Gasteiger partial charge in [-0.05, 0) is 61.7 Å². The van der Waals surface area contributed by atoms with Crippen LogP contribution in [-0.4, -0.2) is 30.1 Å². The third-order valence-electron chi connectivity index (χ3n) is 5.46. The van der Waals surface area contributed by atoms with Gasteiger partial charge in [0.05, 0.1) is 16.3 Å². The molecule has 222 valence electrons. The number of ether oxygens (including phenoxy) is 1. The van der Waals surface area contributed by atoms with E-state index >= 15 is 0 Å². The Morgan fingerprint density at radius 2 is 1.68 bits per heavy atom. The van der Waals surface area contributed by atoms with Crippen LogP contribution in [0.2, 0.25) is 5.02 Å². The molecule has 0 aliphatic carbocycles. The summed E-state index contributed by atoms with van der Waals surface area (Å²) in [5.41, 5.74) is -2.80. The first-order valence-corrected chi connectivity index (χ1v) is 13.0. The molecule has 7 nitrogen and oxygen atoms in total. The van der Waals surface area contributed by atoms with Crippen LogP contribution >= 0.6 is 22.9 Å². The Kier molecular flexibility index (Phi) is 10.6. The van der Waals surface area contributed by atoms with Crippen molar-refractivity contribution in [3.05, 3.63) is 69.4 Å². The standard InChI is InChI=1S/C25H22ClF7N4O3S/c1-40-19(5-3-2-4-18(38)34-15-9-7-14(27)8-10-15)36-23-37-21(25(31,32)33)20(41-23)22(39)35-17-12-13(24(28,29)30)6-11-16(17)26/h6-12,19H,2-5H2,1H3,(H,34,38)(H,35,39)(H,36,37). The number of unbranched alkanes of at least 4 members (excludes halogenated alkanes) is 1. The van der Waals surface area contributed by atoms with E-state index in [0.29, 0.717) is 42.0 Å². The minimum atomic E-state index is -5.05. The highest BCUT2D eigenvalue weighted by Gasteiger charge is 2.40. The number of rotatable bonds is 11. The number of aromatic nitrogens is 1. The smallest absolute Gasteiger partial charge is 0.362 e. The van der Waals surface area contributed by atoms with E-state index in [1.54, 1.807) is 0 Å². The van der Waals surface area contributed by atoms with E-state index in [1.165, 1.54) is 31.4 Å². The highest BCUT2D eigenvalue weighted by atomic mass is 35.5. The zero-order chi connectivity index (χ0) is 30.4. The van der Waals surface area contributed by atoms with Gasteiger partial charge in [0.25, 0.3) is 5.91 Å². The van der Waals surface area contributed by atoms with Crippen molar-refractivity contribution < 1.29 is 45.1 Å². The fourth-order valence-electron chi connectivity index (χ4n) is 3.46. The summed E-state index contributed by atoms with van der Waals surface area (Å²) >= 11 is 6.17. The molecule has 1 atom stereocenters. The van der Waals surface area contributed by atoms with Gasteiger partial charge in [-0.15, -0.1) is 0 Å². The van der Waals surface area contributed by atoms with E-state index in [4.69, 9.17) is 16.3 Å². The Morgan fingerprint density at radius 1 is 1.00 bits per heavy atom. The Bertz CT molecular complexity index is 1360. The summed E-state index contributed by atoms with van der Waals surface area (Å²) in [5.74, 6) is -2.12. The lowest BCUT2D eigenvalue weighted by molar-refractivity contribution is -0.141. The molecule has 1 unspecified atom stereocenters. The summed E-state index contributed by atoms with van der Waals surface area (Å²) in [7, 11) is 1.29. The van der Waals surface area contributed by atoms with Gasteiger partial charge in [0.2, 0.25) is 5.91 Å². The lowest BCUT2D eigenvalue weighted by atomic mass is 10.1. The average Bonchev–Trinajstić information content (AvgIpc) is 3.32. The number of amides is 2. The van der Waals surface area contributed by atoms with Crippen LogP contribution in [0.4, 0.5) is 47.2 Å². The van der Waals surface area contributed by atoms with Gasteiger partial charge in [0.15, 0.2) is 10.8 Å². The molecule has 0 spiro atoms. The fraction of sp³-hybridized carbons (Fsp3) is 0.320. The summed E-state index contributed by atoms with van der Waals surface area (Å²) in [6, 6.07) is 7.24. The third-order valence-corrected chi connectivity index (χ3v) is 6.78. The number of halogens is 8. The first-order valence-electron chi connectivity index (χ1n) is 11.8. The van der Waals surface area contributed by atoms with Crippen molar-refractivity contribution in [3.63, 3.8) is 0 Å². The van der Waals surface area contributed by atoms with Crippen LogP contribution in [0.25, 0.3) is 0 Å². The van der Waals surface area contributed by atoms with E-state index in [2.05, 4.69) is 15.6 Å². The Morgan fingerprint density at radius 3 is 2.29 bits per heavy atom. The number of hydrogen-bond acceptors (Lipinski definition) is 6. The molecule has 0 bridgehead atoms. The second-order valence-corrected chi connectivity index (χ2v) is 9.92. The molecule has 3 N–H and O–H groups in total. The molecule has 0 aliphatic rings. The molecule has 0 aliphatic heterocycles. The number of methoxy groups -OCH3 is 1. The quantitative estimate of drug-likeness (QED) is 0.115. The maximum absolute atomic E-state index is 13.7. The number of benzene rings is 2. The van der Waals surface area contributed by atoms with Gasteiger partial charge >= 0.3 is 12.4 Å². The van der Waals surface area contributed by atoms with Gasteiger partial charge < -0.3 is 20.7 Å². The highest BCUT2D eigenvalue weighted by molar-refractivity contribution is 7.17. The highest BCUT2D eigenvalue weighted by Crippen LogP contribution is 2.38. The van der Waals surface area contributed by atoms with E-state index in [1.807, 2.05) is 5.32 Å². The largest absolute Gasteiger partial charge is 0.435 e. The van der Waals surface area contributed by atoms with Gasteiger partial charge in [0, 0.05) is 19.2 Å². The molecule has 41 heavy (non-hydrogen) atoms. The molecule has 0 saturated heterocycles. The number of carbonyl (C=O) groups is 2. The number of nitrogens with zero attached hydrogens (tertiary/aromatic N) is 1. The van der Waals surface area contributed by atoms with Gasteiger partial charge in [-0.3, -0.25) is 9.59 Å². The zero-order valence-corrected chi connectivity index (χ0v) is 22.6. The lowest BCUT2D eigenvalue weighted by Gasteiger charge is -2.16. The van der Waals surface area contributed by atoms with E-state index in [9.17, 15) is 40.3 Å². The fourth-order valence-corrected chi connectivity index (χ4v) is 4.55. The molecular formula is C25H22ClF7N4O3S. The number of hydrogen-bond donors (Lipinski definition) is 3. The van der Waals surface area contributed by atoms with Crippen LogP contribution in [0.3, 0.4) is 0 Å². The minimum Gasteiger partial charge on any atom is -0.362 e. The SMILES string of the molecule is COC(CCCCC(=O)Nc1ccc(F)cc1)Nc1nc(C(F)(F)F)c(C(=O)Nc2cc(C(F)(F)F)ccc2Cl)s1. The van der Waals surface area contributed by atoms with Crippen molar-refractivity contribution in [2.45, 2.75) is 44.3 Å². The molecular weight excluding hydrogens is 605 g/mol. The molecule has 2 aromatic carbocycles. The molecule has 1 aromatic heterocycles. The zero-order valence-electron chi connectivity index (χ0n) is 21.1. The van der Waals surface area contributed by atoms with Crippen molar-refractivity contribution >= 4 is 51.3 Å². The van der Waals surface area contributed by atoms with E-state index in [-0.39, 0.29) is 28.9 Å². The van der Waals surface area contributed by atoms with Crippen LogP contribution in [-0.2, 0) is 21.9 Å². The summed E-state index contributed by atoms with van der Waals surface area (Å²) in [6.45, 7) is 0. The Hall–Kier alpha value is -3.43. The number of carbonyl (C=O) groups excluding carboxylic acids is 2. The molecule has 1 heterocycles. The summed E-state index contributed by atoms with van der Waals surface area (Å²) in [5, 5.41) is 6.61. The molecule has 16 heteroatoms. The van der Waals surface area contributed by atoms with E-state index in [0.717, 1.165) is 6.07 Å². The van der Waals surface area contributed by atoms with Crippen LogP contribution in [0.1, 0.15) is 46.6 Å². The number of alkyl halides is 6. The predicted molar refractivity (Wildman–Crippen MR) is 139 cm³/mol. The van der Waals surface area contributed by atoms with Gasteiger partial charge in [0.1, 0.15) is 16.9 Å². The van der Waals surface area contributed by atoms with Crippen molar-refractivity contribution in [1.82, 2.24) is 4.98 Å². The van der Waals surface area contributed by atoms with Gasteiger partial charge in [-0.2, -0.15) is 26.3 Å². The van der Waals surface area contributed by atoms with Crippen LogP contribution in [0, 0.1) is 5.82 Å². The topological polar surface area (TPSA) is 92.3 Å². The van der Waals surface area contributed by atoms with Crippen LogP contribution in [0.5, 0.6) is 0 Å². The molecule has 3 rings (SSSR count). The maximum Gasteiger partial charge on any atom is 0.435 e. The van der Waals surface area contributed by atoms with Crippen molar-refractivity contribution in [2.75, 3.05) is 23.1 Å². The first kappa shape index (κ1) is 32.1. The summed E-state index contributed by atoms with van der Waals surface area (Å²) in [4.78, 5) is 27.3. The third kappa shape index (κ3) is 9.30. The normalized spacial score (nSPS) is 12.6. The molecule has 0 saturated carbocycles. The van der Waals surface area contributed by atoms with Crippen molar-refractivity contribution in [3.8, 4) is 0 Å². The van der Waals surface area contributed by atoms with Crippen molar-refractivity contribution in [1.29, 1.82) is 0 Å². The summed E-state index contributed by atoms with van der Waals surface area (Å²) < 4.78 is 98.2. The number of thiazole rings is 1. The second-order valence-electron chi connectivity index (χ2n) is 8.51. The minimum absolute atomic E-state index is 0.117. The molecule has 0 fully saturated rings. The van der Waals surface area contributed by atoms with Crippen LogP contribution in [0.15, 0.2) is 42.5 Å². The number of anilines is 3. The molecule has 3 aromatic rings. The number of nitrogens with one attached hydrogen (secondary N) is 3. The maximum atomic E-state index is 13.7. The lowest BCUT2D eigenvalue weighted by Crippen LogP contribution is -2.22. The second kappa shape index (κ2) is 13.5. The van der Waals surface area contributed by atoms with Crippen LogP contribution < -0.4 is 16.0 Å². The van der Waals surface area contributed by atoms with E-state index < -0.39 is 52.1 Å². The first-order chi connectivity index (χ1) is 19.2. The Labute approximate surface area is 238 Å². The molecule has 2 amide bonds. The molecule has 0 radical (unpaired) electrons.